The van der Waals surface area contributed by atoms with Gasteiger partial charge in [-0.1, -0.05) is 55.8 Å². The van der Waals surface area contributed by atoms with E-state index in [-0.39, 0.29) is 0 Å². The molecule has 18 heavy (non-hydrogen) atoms. The third kappa shape index (κ3) is 2.85. The number of aliphatic hydroxyl groups excluding tert-OH is 1. The van der Waals surface area contributed by atoms with E-state index < -0.39 is 6.10 Å². The molecule has 0 spiro atoms. The van der Waals surface area contributed by atoms with Crippen LogP contribution in [0.2, 0.25) is 5.02 Å². The summed E-state index contributed by atoms with van der Waals surface area (Å²) in [6.07, 6.45) is 1.41. The predicted molar refractivity (Wildman–Crippen MR) is 78.0 cm³/mol. The van der Waals surface area contributed by atoms with Gasteiger partial charge in [0.15, 0.2) is 0 Å². The third-order valence-corrected chi connectivity index (χ3v) is 3.61. The summed E-state index contributed by atoms with van der Waals surface area (Å²) in [6, 6.07) is 11.8. The van der Waals surface area contributed by atoms with Crippen LogP contribution in [-0.2, 0) is 0 Å². The van der Waals surface area contributed by atoms with E-state index in [0.29, 0.717) is 5.92 Å². The van der Waals surface area contributed by atoms with E-state index in [4.69, 9.17) is 11.6 Å². The highest BCUT2D eigenvalue weighted by Gasteiger charge is 2.13. The van der Waals surface area contributed by atoms with Crippen molar-refractivity contribution >= 4 is 22.4 Å². The minimum Gasteiger partial charge on any atom is -0.388 e. The van der Waals surface area contributed by atoms with Crippen LogP contribution in [0.3, 0.4) is 0 Å². The van der Waals surface area contributed by atoms with Gasteiger partial charge in [-0.3, -0.25) is 0 Å². The van der Waals surface area contributed by atoms with Gasteiger partial charge in [-0.05, 0) is 35.8 Å². The van der Waals surface area contributed by atoms with Crippen LogP contribution in [0.5, 0.6) is 0 Å². The van der Waals surface area contributed by atoms with Gasteiger partial charge in [0.2, 0.25) is 0 Å². The van der Waals surface area contributed by atoms with Gasteiger partial charge in [-0.15, -0.1) is 0 Å². The maximum atomic E-state index is 10.3. The summed E-state index contributed by atoms with van der Waals surface area (Å²) in [6.45, 7) is 4.35. The molecule has 2 rings (SSSR count). The lowest BCUT2D eigenvalue weighted by molar-refractivity contribution is 0.160. The number of fused-ring (bicyclic) bond motifs is 1. The largest absolute Gasteiger partial charge is 0.388 e. The fourth-order valence-electron chi connectivity index (χ4n) is 2.22. The topological polar surface area (TPSA) is 20.2 Å². The van der Waals surface area contributed by atoms with Gasteiger partial charge in [-0.2, -0.15) is 0 Å². The zero-order valence-corrected chi connectivity index (χ0v) is 11.6. The molecular weight excluding hydrogens is 244 g/mol. The molecule has 0 aliphatic heterocycles. The van der Waals surface area contributed by atoms with E-state index in [0.717, 1.165) is 34.2 Å². The molecule has 1 unspecified atom stereocenters. The predicted octanol–water partition coefficient (Wildman–Crippen LogP) is 4.96. The van der Waals surface area contributed by atoms with Crippen molar-refractivity contribution in [3.05, 3.63) is 47.0 Å². The first kappa shape index (κ1) is 13.4. The Labute approximate surface area is 113 Å². The Kier molecular flexibility index (Phi) is 4.26. The van der Waals surface area contributed by atoms with E-state index in [1.807, 2.05) is 36.4 Å². The van der Waals surface area contributed by atoms with Gasteiger partial charge in [0.25, 0.3) is 0 Å². The first-order valence-electron chi connectivity index (χ1n) is 6.45. The molecule has 1 atom stereocenters. The van der Waals surface area contributed by atoms with Crippen molar-refractivity contribution in [3.63, 3.8) is 0 Å². The highest BCUT2D eigenvalue weighted by atomic mass is 35.5. The average molecular weight is 263 g/mol. The molecule has 0 amide bonds. The monoisotopic (exact) mass is 262 g/mol. The van der Waals surface area contributed by atoms with E-state index >= 15 is 0 Å². The van der Waals surface area contributed by atoms with Crippen molar-refractivity contribution in [3.8, 4) is 0 Å². The Morgan fingerprint density at radius 3 is 2.33 bits per heavy atom. The Balaban J connectivity index is 2.36. The molecule has 0 aliphatic rings. The number of aliphatic hydroxyl groups is 1. The SMILES string of the molecule is CC(C)CCC(O)c1ccc(Cl)c2ccccc12. The summed E-state index contributed by atoms with van der Waals surface area (Å²) in [5.74, 6) is 0.609. The van der Waals surface area contributed by atoms with Crippen LogP contribution in [0.4, 0.5) is 0 Å². The highest BCUT2D eigenvalue weighted by molar-refractivity contribution is 6.35. The molecular formula is C16H19ClO. The van der Waals surface area contributed by atoms with Crippen LogP contribution in [0.1, 0.15) is 38.4 Å². The minimum absolute atomic E-state index is 0.408. The van der Waals surface area contributed by atoms with Gasteiger partial charge in [0.05, 0.1) is 6.10 Å². The smallest absolute Gasteiger partial charge is 0.0796 e. The molecule has 0 aliphatic carbocycles. The van der Waals surface area contributed by atoms with Crippen molar-refractivity contribution in [1.29, 1.82) is 0 Å². The normalized spacial score (nSPS) is 13.2. The van der Waals surface area contributed by atoms with E-state index in [2.05, 4.69) is 13.8 Å². The third-order valence-electron chi connectivity index (χ3n) is 3.28. The lowest BCUT2D eigenvalue weighted by Gasteiger charge is -2.15. The summed E-state index contributed by atoms with van der Waals surface area (Å²) in [5.41, 5.74) is 0.982. The van der Waals surface area contributed by atoms with E-state index in [1.165, 1.54) is 0 Å². The molecule has 2 heteroatoms. The van der Waals surface area contributed by atoms with Gasteiger partial charge in [-0.25, -0.2) is 0 Å². The summed E-state index contributed by atoms with van der Waals surface area (Å²) < 4.78 is 0. The number of benzene rings is 2. The van der Waals surface area contributed by atoms with Crippen LogP contribution in [-0.4, -0.2) is 5.11 Å². The number of rotatable bonds is 4. The number of halogens is 1. The maximum Gasteiger partial charge on any atom is 0.0796 e. The molecule has 0 radical (unpaired) electrons. The first-order chi connectivity index (χ1) is 8.59. The zero-order chi connectivity index (χ0) is 13.1. The molecule has 1 nitrogen and oxygen atoms in total. The molecule has 2 aromatic rings. The summed E-state index contributed by atoms with van der Waals surface area (Å²) in [5, 5.41) is 13.1. The quantitative estimate of drug-likeness (QED) is 0.825. The highest BCUT2D eigenvalue weighted by Crippen LogP contribution is 2.32. The average Bonchev–Trinajstić information content (AvgIpc) is 2.37. The molecule has 0 bridgehead atoms. The van der Waals surface area contributed by atoms with E-state index in [9.17, 15) is 5.11 Å². The molecule has 2 aromatic carbocycles. The van der Waals surface area contributed by atoms with Gasteiger partial charge >= 0.3 is 0 Å². The molecule has 96 valence electrons. The maximum absolute atomic E-state index is 10.3. The Hall–Kier alpha value is -1.05. The lowest BCUT2D eigenvalue weighted by atomic mass is 9.95. The zero-order valence-electron chi connectivity index (χ0n) is 10.9. The van der Waals surface area contributed by atoms with Crippen LogP contribution in [0.25, 0.3) is 10.8 Å². The van der Waals surface area contributed by atoms with Gasteiger partial charge in [0, 0.05) is 10.4 Å². The summed E-state index contributed by atoms with van der Waals surface area (Å²) in [7, 11) is 0. The van der Waals surface area contributed by atoms with Crippen molar-refractivity contribution in [1.82, 2.24) is 0 Å². The van der Waals surface area contributed by atoms with Crippen molar-refractivity contribution in [2.24, 2.45) is 5.92 Å². The van der Waals surface area contributed by atoms with Gasteiger partial charge in [0.1, 0.15) is 0 Å². The molecule has 0 heterocycles. The Morgan fingerprint density at radius 1 is 1.00 bits per heavy atom. The molecule has 0 saturated heterocycles. The fourth-order valence-corrected chi connectivity index (χ4v) is 2.45. The molecule has 0 fully saturated rings. The standard InChI is InChI=1S/C16H19ClO/c1-11(2)7-10-16(18)14-8-9-15(17)13-6-4-3-5-12(13)14/h3-6,8-9,11,16,18H,7,10H2,1-2H3. The van der Waals surface area contributed by atoms with Crippen LogP contribution >= 0.6 is 11.6 Å². The van der Waals surface area contributed by atoms with E-state index in [1.54, 1.807) is 0 Å². The van der Waals surface area contributed by atoms with Crippen molar-refractivity contribution in [2.45, 2.75) is 32.8 Å². The fraction of sp³-hybridized carbons (Fsp3) is 0.375. The Bertz CT molecular complexity index is 534. The molecule has 1 N–H and O–H groups in total. The summed E-state index contributed by atoms with van der Waals surface area (Å²) in [4.78, 5) is 0. The minimum atomic E-state index is -0.408. The van der Waals surface area contributed by atoms with Crippen LogP contribution in [0, 0.1) is 5.92 Å². The molecule has 0 aromatic heterocycles. The van der Waals surface area contributed by atoms with Gasteiger partial charge < -0.3 is 5.11 Å². The summed E-state index contributed by atoms with van der Waals surface area (Å²) >= 11 is 6.18. The second kappa shape index (κ2) is 5.73. The number of hydrogen-bond donors (Lipinski definition) is 1. The van der Waals surface area contributed by atoms with Crippen LogP contribution in [0.15, 0.2) is 36.4 Å². The second-order valence-corrected chi connectivity index (χ2v) is 5.58. The lowest BCUT2D eigenvalue weighted by Crippen LogP contribution is -2.01. The number of hydrogen-bond acceptors (Lipinski definition) is 1. The second-order valence-electron chi connectivity index (χ2n) is 5.17. The van der Waals surface area contributed by atoms with Crippen LogP contribution < -0.4 is 0 Å². The first-order valence-corrected chi connectivity index (χ1v) is 6.82. The molecule has 0 saturated carbocycles. The van der Waals surface area contributed by atoms with Crippen molar-refractivity contribution in [2.75, 3.05) is 0 Å². The van der Waals surface area contributed by atoms with Crippen molar-refractivity contribution < 1.29 is 5.11 Å². The Morgan fingerprint density at radius 2 is 1.67 bits per heavy atom.